The number of ether oxygens (including phenoxy) is 2. The molecular formula is C19H19N3O3S. The Kier molecular flexibility index (Phi) is 6.43. The molecular weight excluding hydrogens is 350 g/mol. The third-order valence-electron chi connectivity index (χ3n) is 3.54. The zero-order valence-corrected chi connectivity index (χ0v) is 15.2. The maximum atomic E-state index is 11.9. The quantitative estimate of drug-likeness (QED) is 0.616. The molecule has 7 heteroatoms. The first-order valence-corrected chi connectivity index (χ1v) is 8.97. The summed E-state index contributed by atoms with van der Waals surface area (Å²) in [5, 5.41) is 5.77. The number of thiazole rings is 1. The number of amides is 1. The molecule has 0 aliphatic heterocycles. The fraction of sp³-hybridized carbons (Fsp3) is 0.211. The fourth-order valence-corrected chi connectivity index (χ4v) is 3.13. The number of benzene rings is 1. The predicted molar refractivity (Wildman–Crippen MR) is 102 cm³/mol. The lowest BCUT2D eigenvalue weighted by molar-refractivity contribution is -0.121. The minimum atomic E-state index is -0.200. The van der Waals surface area contributed by atoms with E-state index in [0.717, 1.165) is 21.8 Å². The smallest absolute Gasteiger partial charge is 0.250 e. The van der Waals surface area contributed by atoms with E-state index in [4.69, 9.17) is 9.47 Å². The van der Waals surface area contributed by atoms with Crippen LogP contribution in [0.1, 0.15) is 0 Å². The van der Waals surface area contributed by atoms with E-state index in [2.05, 4.69) is 15.3 Å². The topological polar surface area (TPSA) is 73.3 Å². The number of nitrogens with one attached hydrogen (secondary N) is 1. The summed E-state index contributed by atoms with van der Waals surface area (Å²) in [4.78, 5) is 20.6. The van der Waals surface area contributed by atoms with Gasteiger partial charge in [0.1, 0.15) is 11.6 Å². The Bertz CT molecular complexity index is 852. The molecule has 0 radical (unpaired) electrons. The number of aromatic nitrogens is 2. The fourth-order valence-electron chi connectivity index (χ4n) is 2.29. The lowest BCUT2D eigenvalue weighted by atomic mass is 10.1. The molecule has 1 aromatic carbocycles. The van der Waals surface area contributed by atoms with E-state index in [9.17, 15) is 4.79 Å². The SMILES string of the molecule is COCCOCC(=O)Nc1cccc(-c2csc(-c3ccncc3)n2)c1. The van der Waals surface area contributed by atoms with Crippen LogP contribution in [-0.2, 0) is 14.3 Å². The van der Waals surface area contributed by atoms with Crippen molar-refractivity contribution in [3.63, 3.8) is 0 Å². The van der Waals surface area contributed by atoms with E-state index in [1.807, 2.05) is 41.8 Å². The summed E-state index contributed by atoms with van der Waals surface area (Å²) < 4.78 is 10.1. The van der Waals surface area contributed by atoms with Gasteiger partial charge in [-0.05, 0) is 24.3 Å². The number of nitrogens with zero attached hydrogens (tertiary/aromatic N) is 2. The van der Waals surface area contributed by atoms with E-state index in [1.54, 1.807) is 30.8 Å². The Hall–Kier alpha value is -2.61. The molecule has 134 valence electrons. The van der Waals surface area contributed by atoms with Gasteiger partial charge in [0.25, 0.3) is 0 Å². The van der Waals surface area contributed by atoms with Crippen LogP contribution in [0.2, 0.25) is 0 Å². The van der Waals surface area contributed by atoms with Crippen molar-refractivity contribution in [3.05, 3.63) is 54.2 Å². The van der Waals surface area contributed by atoms with Gasteiger partial charge in [-0.2, -0.15) is 0 Å². The molecule has 0 spiro atoms. The van der Waals surface area contributed by atoms with Gasteiger partial charge in [0, 0.05) is 41.7 Å². The number of hydrogen-bond acceptors (Lipinski definition) is 6. The normalized spacial score (nSPS) is 10.7. The molecule has 1 amide bonds. The van der Waals surface area contributed by atoms with Crippen molar-refractivity contribution in [1.82, 2.24) is 9.97 Å². The van der Waals surface area contributed by atoms with Crippen molar-refractivity contribution >= 4 is 22.9 Å². The van der Waals surface area contributed by atoms with Gasteiger partial charge in [-0.15, -0.1) is 11.3 Å². The van der Waals surface area contributed by atoms with Gasteiger partial charge in [0.15, 0.2) is 0 Å². The second-order valence-electron chi connectivity index (χ2n) is 5.45. The first-order chi connectivity index (χ1) is 12.8. The Balaban J connectivity index is 1.66. The van der Waals surface area contributed by atoms with Crippen LogP contribution >= 0.6 is 11.3 Å². The van der Waals surface area contributed by atoms with E-state index in [0.29, 0.717) is 18.9 Å². The molecule has 0 saturated carbocycles. The molecule has 0 aliphatic carbocycles. The predicted octanol–water partition coefficient (Wildman–Crippen LogP) is 3.47. The molecule has 2 aromatic heterocycles. The maximum absolute atomic E-state index is 11.9. The van der Waals surface area contributed by atoms with Gasteiger partial charge in [-0.1, -0.05) is 12.1 Å². The zero-order chi connectivity index (χ0) is 18.2. The maximum Gasteiger partial charge on any atom is 0.250 e. The van der Waals surface area contributed by atoms with Crippen molar-refractivity contribution in [2.24, 2.45) is 0 Å². The van der Waals surface area contributed by atoms with Gasteiger partial charge < -0.3 is 14.8 Å². The van der Waals surface area contributed by atoms with Crippen LogP contribution in [-0.4, -0.2) is 42.8 Å². The Morgan fingerprint density at radius 3 is 2.81 bits per heavy atom. The average molecular weight is 369 g/mol. The minimum Gasteiger partial charge on any atom is -0.382 e. The Morgan fingerprint density at radius 2 is 2.00 bits per heavy atom. The van der Waals surface area contributed by atoms with Crippen LogP contribution in [0.25, 0.3) is 21.8 Å². The highest BCUT2D eigenvalue weighted by atomic mass is 32.1. The summed E-state index contributed by atoms with van der Waals surface area (Å²) in [6.07, 6.45) is 3.50. The largest absolute Gasteiger partial charge is 0.382 e. The molecule has 6 nitrogen and oxygen atoms in total. The van der Waals surface area contributed by atoms with Gasteiger partial charge >= 0.3 is 0 Å². The number of pyridine rings is 1. The highest BCUT2D eigenvalue weighted by Crippen LogP contribution is 2.29. The minimum absolute atomic E-state index is 0.00349. The van der Waals surface area contributed by atoms with Crippen LogP contribution in [0.5, 0.6) is 0 Å². The van der Waals surface area contributed by atoms with Crippen LogP contribution in [0.3, 0.4) is 0 Å². The zero-order valence-electron chi connectivity index (χ0n) is 14.3. The van der Waals surface area contributed by atoms with E-state index < -0.39 is 0 Å². The molecule has 2 heterocycles. The molecule has 3 rings (SSSR count). The lowest BCUT2D eigenvalue weighted by Gasteiger charge is -2.07. The second-order valence-corrected chi connectivity index (χ2v) is 6.31. The van der Waals surface area contributed by atoms with Crippen LogP contribution in [0, 0.1) is 0 Å². The first-order valence-electron chi connectivity index (χ1n) is 8.09. The molecule has 0 fully saturated rings. The molecule has 0 saturated heterocycles. The number of anilines is 1. The average Bonchev–Trinajstić information content (AvgIpc) is 3.16. The highest BCUT2D eigenvalue weighted by Gasteiger charge is 2.08. The standard InChI is InChI=1S/C19H19N3O3S/c1-24-9-10-25-12-18(23)21-16-4-2-3-15(11-16)17-13-26-19(22-17)14-5-7-20-8-6-14/h2-8,11,13H,9-10,12H2,1H3,(H,21,23). The number of methoxy groups -OCH3 is 1. The number of carbonyl (C=O) groups excluding carboxylic acids is 1. The summed E-state index contributed by atoms with van der Waals surface area (Å²) in [7, 11) is 1.59. The summed E-state index contributed by atoms with van der Waals surface area (Å²) in [5.41, 5.74) is 3.56. The van der Waals surface area contributed by atoms with Crippen molar-refractivity contribution < 1.29 is 14.3 Å². The Labute approximate surface area is 155 Å². The lowest BCUT2D eigenvalue weighted by Crippen LogP contribution is -2.19. The third-order valence-corrected chi connectivity index (χ3v) is 4.43. The van der Waals surface area contributed by atoms with Gasteiger partial charge in [0.2, 0.25) is 5.91 Å². The molecule has 0 atom stereocenters. The van der Waals surface area contributed by atoms with Crippen LogP contribution in [0.4, 0.5) is 5.69 Å². The molecule has 0 bridgehead atoms. The second kappa shape index (κ2) is 9.19. The molecule has 1 N–H and O–H groups in total. The first kappa shape index (κ1) is 18.2. The number of rotatable bonds is 8. The number of carbonyl (C=O) groups is 1. The van der Waals surface area contributed by atoms with Crippen molar-refractivity contribution in [1.29, 1.82) is 0 Å². The van der Waals surface area contributed by atoms with E-state index in [1.165, 1.54) is 0 Å². The molecule has 26 heavy (non-hydrogen) atoms. The summed E-state index contributed by atoms with van der Waals surface area (Å²) in [5.74, 6) is -0.200. The van der Waals surface area contributed by atoms with E-state index >= 15 is 0 Å². The summed E-state index contributed by atoms with van der Waals surface area (Å²) >= 11 is 1.57. The molecule has 0 aliphatic rings. The summed E-state index contributed by atoms with van der Waals surface area (Å²) in [6.45, 7) is 0.851. The van der Waals surface area contributed by atoms with Gasteiger partial charge in [-0.25, -0.2) is 4.98 Å². The molecule has 3 aromatic rings. The third kappa shape index (κ3) is 4.95. The van der Waals surface area contributed by atoms with Gasteiger partial charge in [0.05, 0.1) is 18.9 Å². The number of hydrogen-bond donors (Lipinski definition) is 1. The van der Waals surface area contributed by atoms with Gasteiger partial charge in [-0.3, -0.25) is 9.78 Å². The van der Waals surface area contributed by atoms with Crippen molar-refractivity contribution in [2.45, 2.75) is 0 Å². The van der Waals surface area contributed by atoms with Crippen molar-refractivity contribution in [2.75, 3.05) is 32.2 Å². The Morgan fingerprint density at radius 1 is 1.15 bits per heavy atom. The molecule has 0 unspecified atom stereocenters. The van der Waals surface area contributed by atoms with E-state index in [-0.39, 0.29) is 12.5 Å². The highest BCUT2D eigenvalue weighted by molar-refractivity contribution is 7.13. The van der Waals surface area contributed by atoms with Crippen molar-refractivity contribution in [3.8, 4) is 21.8 Å². The summed E-state index contributed by atoms with van der Waals surface area (Å²) in [6, 6.07) is 11.5. The van der Waals surface area contributed by atoms with Crippen LogP contribution in [0.15, 0.2) is 54.2 Å². The van der Waals surface area contributed by atoms with Crippen LogP contribution < -0.4 is 5.32 Å². The monoisotopic (exact) mass is 369 g/mol.